The standard InChI is InChI=1S/C15H22N2O3/c1-11-6-5-7-13(8-11)10-17(4)15(20)16(3)9-12(2)14(18)19/h5-8,12H,9-10H2,1-4H3,(H,18,19). The summed E-state index contributed by atoms with van der Waals surface area (Å²) in [4.78, 5) is 26.0. The smallest absolute Gasteiger partial charge is 0.319 e. The molecule has 1 rings (SSSR count). The maximum absolute atomic E-state index is 12.1. The maximum atomic E-state index is 12.1. The van der Waals surface area contributed by atoms with Gasteiger partial charge in [0.1, 0.15) is 0 Å². The number of aliphatic carboxylic acids is 1. The average Bonchev–Trinajstić information content (AvgIpc) is 2.37. The highest BCUT2D eigenvalue weighted by Gasteiger charge is 2.19. The Balaban J connectivity index is 2.60. The first-order valence-electron chi connectivity index (χ1n) is 6.56. The molecule has 0 bridgehead atoms. The normalized spacial score (nSPS) is 11.8. The van der Waals surface area contributed by atoms with Gasteiger partial charge in [0, 0.05) is 27.2 Å². The van der Waals surface area contributed by atoms with Crippen LogP contribution in [0.5, 0.6) is 0 Å². The first-order chi connectivity index (χ1) is 9.31. The van der Waals surface area contributed by atoms with Gasteiger partial charge in [-0.2, -0.15) is 0 Å². The number of nitrogens with zero attached hydrogens (tertiary/aromatic N) is 2. The molecule has 0 aromatic heterocycles. The monoisotopic (exact) mass is 278 g/mol. The van der Waals surface area contributed by atoms with Gasteiger partial charge < -0.3 is 14.9 Å². The molecule has 5 heteroatoms. The topological polar surface area (TPSA) is 60.9 Å². The molecule has 5 nitrogen and oxygen atoms in total. The van der Waals surface area contributed by atoms with E-state index in [1.807, 2.05) is 31.2 Å². The van der Waals surface area contributed by atoms with Crippen molar-refractivity contribution in [2.75, 3.05) is 20.6 Å². The highest BCUT2D eigenvalue weighted by molar-refractivity contribution is 5.75. The van der Waals surface area contributed by atoms with Gasteiger partial charge in [-0.25, -0.2) is 4.79 Å². The summed E-state index contributed by atoms with van der Waals surface area (Å²) in [5.74, 6) is -1.47. The van der Waals surface area contributed by atoms with E-state index in [1.165, 1.54) is 4.90 Å². The second-order valence-electron chi connectivity index (χ2n) is 5.25. The Bertz CT molecular complexity index is 488. The summed E-state index contributed by atoms with van der Waals surface area (Å²) in [6.45, 7) is 4.30. The Hall–Kier alpha value is -2.04. The molecule has 1 N–H and O–H groups in total. The summed E-state index contributed by atoms with van der Waals surface area (Å²) in [6.07, 6.45) is 0. The fraction of sp³-hybridized carbons (Fsp3) is 0.467. The summed E-state index contributed by atoms with van der Waals surface area (Å²) in [5.41, 5.74) is 2.21. The number of aryl methyl sites for hydroxylation is 1. The lowest BCUT2D eigenvalue weighted by atomic mass is 10.1. The summed E-state index contributed by atoms with van der Waals surface area (Å²) in [5, 5.41) is 8.87. The Kier molecular flexibility index (Phi) is 5.55. The minimum absolute atomic E-state index is 0.181. The van der Waals surface area contributed by atoms with E-state index in [0.29, 0.717) is 6.54 Å². The van der Waals surface area contributed by atoms with Crippen molar-refractivity contribution in [2.45, 2.75) is 20.4 Å². The second-order valence-corrected chi connectivity index (χ2v) is 5.25. The highest BCUT2D eigenvalue weighted by Crippen LogP contribution is 2.09. The van der Waals surface area contributed by atoms with Gasteiger partial charge in [-0.05, 0) is 12.5 Å². The minimum Gasteiger partial charge on any atom is -0.481 e. The van der Waals surface area contributed by atoms with Crippen molar-refractivity contribution in [3.8, 4) is 0 Å². The van der Waals surface area contributed by atoms with E-state index in [2.05, 4.69) is 0 Å². The zero-order valence-corrected chi connectivity index (χ0v) is 12.5. The molecule has 0 fully saturated rings. The van der Waals surface area contributed by atoms with Crippen molar-refractivity contribution in [3.05, 3.63) is 35.4 Å². The van der Waals surface area contributed by atoms with Crippen LogP contribution in [0.2, 0.25) is 0 Å². The highest BCUT2D eigenvalue weighted by atomic mass is 16.4. The molecule has 20 heavy (non-hydrogen) atoms. The number of hydrogen-bond acceptors (Lipinski definition) is 2. The number of rotatable bonds is 5. The SMILES string of the molecule is Cc1cccc(CN(C)C(=O)N(C)CC(C)C(=O)O)c1. The fourth-order valence-electron chi connectivity index (χ4n) is 2.01. The van der Waals surface area contributed by atoms with Crippen LogP contribution in [0.4, 0.5) is 4.79 Å². The molecule has 1 unspecified atom stereocenters. The first kappa shape index (κ1) is 16.0. The van der Waals surface area contributed by atoms with Gasteiger partial charge >= 0.3 is 12.0 Å². The van der Waals surface area contributed by atoms with Crippen molar-refractivity contribution in [2.24, 2.45) is 5.92 Å². The molecule has 0 aliphatic heterocycles. The molecule has 0 aliphatic rings. The quantitative estimate of drug-likeness (QED) is 0.898. The number of benzene rings is 1. The fourth-order valence-corrected chi connectivity index (χ4v) is 2.01. The molecule has 110 valence electrons. The van der Waals surface area contributed by atoms with E-state index in [-0.39, 0.29) is 12.6 Å². The van der Waals surface area contributed by atoms with Crippen LogP contribution in [-0.4, -0.2) is 47.5 Å². The zero-order chi connectivity index (χ0) is 15.3. The number of urea groups is 1. The van der Waals surface area contributed by atoms with Gasteiger partial charge in [0.25, 0.3) is 0 Å². The van der Waals surface area contributed by atoms with Crippen molar-refractivity contribution in [3.63, 3.8) is 0 Å². The van der Waals surface area contributed by atoms with Crippen LogP contribution in [0.15, 0.2) is 24.3 Å². The van der Waals surface area contributed by atoms with Gasteiger partial charge in [-0.3, -0.25) is 4.79 Å². The molecular formula is C15H22N2O3. The van der Waals surface area contributed by atoms with Crippen molar-refractivity contribution in [1.29, 1.82) is 0 Å². The molecule has 0 aliphatic carbocycles. The Morgan fingerprint density at radius 3 is 2.45 bits per heavy atom. The van der Waals surface area contributed by atoms with E-state index >= 15 is 0 Å². The maximum Gasteiger partial charge on any atom is 0.319 e. The third kappa shape index (κ3) is 4.57. The molecule has 1 aromatic rings. The number of hydrogen-bond donors (Lipinski definition) is 1. The minimum atomic E-state index is -0.897. The Labute approximate surface area is 119 Å². The lowest BCUT2D eigenvalue weighted by Crippen LogP contribution is -2.41. The summed E-state index contributed by atoms with van der Waals surface area (Å²) < 4.78 is 0. The molecule has 2 amide bonds. The predicted molar refractivity (Wildman–Crippen MR) is 77.5 cm³/mol. The largest absolute Gasteiger partial charge is 0.481 e. The van der Waals surface area contributed by atoms with E-state index < -0.39 is 11.9 Å². The van der Waals surface area contributed by atoms with E-state index in [0.717, 1.165) is 11.1 Å². The second kappa shape index (κ2) is 6.93. The van der Waals surface area contributed by atoms with Crippen LogP contribution in [-0.2, 0) is 11.3 Å². The van der Waals surface area contributed by atoms with Crippen LogP contribution in [0, 0.1) is 12.8 Å². The van der Waals surface area contributed by atoms with Gasteiger partial charge in [0.2, 0.25) is 0 Å². The molecule has 0 spiro atoms. The predicted octanol–water partition coefficient (Wildman–Crippen LogP) is 2.20. The number of amides is 2. The molecule has 0 saturated heterocycles. The van der Waals surface area contributed by atoms with Gasteiger partial charge in [-0.1, -0.05) is 36.8 Å². The third-order valence-corrected chi connectivity index (χ3v) is 3.12. The number of carbonyl (C=O) groups is 2. The lowest BCUT2D eigenvalue weighted by Gasteiger charge is -2.26. The Morgan fingerprint density at radius 2 is 1.90 bits per heavy atom. The van der Waals surface area contributed by atoms with E-state index in [9.17, 15) is 9.59 Å². The first-order valence-corrected chi connectivity index (χ1v) is 6.56. The van der Waals surface area contributed by atoms with Gasteiger partial charge in [-0.15, -0.1) is 0 Å². The van der Waals surface area contributed by atoms with Crippen molar-refractivity contribution in [1.82, 2.24) is 9.80 Å². The van der Waals surface area contributed by atoms with Crippen LogP contribution in [0.25, 0.3) is 0 Å². The molecule has 0 radical (unpaired) electrons. The molecule has 0 saturated carbocycles. The third-order valence-electron chi connectivity index (χ3n) is 3.12. The summed E-state index contributed by atoms with van der Waals surface area (Å²) in [7, 11) is 3.33. The van der Waals surface area contributed by atoms with Crippen molar-refractivity contribution >= 4 is 12.0 Å². The number of carboxylic acid groups (broad SMARTS) is 1. The van der Waals surface area contributed by atoms with Crippen LogP contribution < -0.4 is 0 Å². The van der Waals surface area contributed by atoms with Crippen molar-refractivity contribution < 1.29 is 14.7 Å². The van der Waals surface area contributed by atoms with Crippen LogP contribution in [0.3, 0.4) is 0 Å². The van der Waals surface area contributed by atoms with Gasteiger partial charge in [0.05, 0.1) is 5.92 Å². The summed E-state index contributed by atoms with van der Waals surface area (Å²) in [6, 6.07) is 7.78. The molecule has 0 heterocycles. The summed E-state index contributed by atoms with van der Waals surface area (Å²) >= 11 is 0. The lowest BCUT2D eigenvalue weighted by molar-refractivity contribution is -0.141. The van der Waals surface area contributed by atoms with Crippen LogP contribution in [0.1, 0.15) is 18.1 Å². The molecular weight excluding hydrogens is 256 g/mol. The molecule has 1 aromatic carbocycles. The number of carbonyl (C=O) groups excluding carboxylic acids is 1. The Morgan fingerprint density at radius 1 is 1.25 bits per heavy atom. The molecule has 1 atom stereocenters. The zero-order valence-electron chi connectivity index (χ0n) is 12.5. The number of carboxylic acids is 1. The van der Waals surface area contributed by atoms with Gasteiger partial charge in [0.15, 0.2) is 0 Å². The van der Waals surface area contributed by atoms with E-state index in [1.54, 1.807) is 25.9 Å². The van der Waals surface area contributed by atoms with E-state index in [4.69, 9.17) is 5.11 Å². The average molecular weight is 278 g/mol. The van der Waals surface area contributed by atoms with Crippen LogP contribution >= 0.6 is 0 Å².